The normalized spacial score (nSPS) is 10.0. The van der Waals surface area contributed by atoms with E-state index < -0.39 is 0 Å². The molecule has 0 aliphatic carbocycles. The van der Waals surface area contributed by atoms with E-state index in [4.69, 9.17) is 4.74 Å². The van der Waals surface area contributed by atoms with Crippen LogP contribution >= 0.6 is 0 Å². The Hall–Kier alpha value is -2.03. The van der Waals surface area contributed by atoms with Crippen LogP contribution in [0.5, 0.6) is 5.75 Å². The Bertz CT molecular complexity index is 480. The predicted molar refractivity (Wildman–Crippen MR) is 69.3 cm³/mol. The molecule has 0 radical (unpaired) electrons. The second kappa shape index (κ2) is 5.34. The number of methoxy groups -OCH3 is 1. The summed E-state index contributed by atoms with van der Waals surface area (Å²) in [5, 5.41) is 3.27. The monoisotopic (exact) mass is 228 g/mol. The van der Waals surface area contributed by atoms with Gasteiger partial charge in [-0.05, 0) is 24.6 Å². The Labute approximate surface area is 101 Å². The second-order valence-electron chi connectivity index (χ2n) is 3.89. The first-order chi connectivity index (χ1) is 8.29. The first kappa shape index (κ1) is 11.5. The lowest BCUT2D eigenvalue weighted by molar-refractivity contribution is 0.410. The van der Waals surface area contributed by atoms with Crippen LogP contribution in [-0.4, -0.2) is 12.1 Å². The van der Waals surface area contributed by atoms with Gasteiger partial charge in [-0.1, -0.05) is 24.3 Å². The SMILES string of the molecule is COc1ccccc1CNc1ccc(C)cn1. The van der Waals surface area contributed by atoms with Crippen LogP contribution in [0.15, 0.2) is 42.6 Å². The first-order valence-electron chi connectivity index (χ1n) is 5.58. The highest BCUT2D eigenvalue weighted by atomic mass is 16.5. The molecule has 0 saturated heterocycles. The van der Waals surface area contributed by atoms with Crippen LogP contribution in [-0.2, 0) is 6.54 Å². The number of aromatic nitrogens is 1. The zero-order valence-corrected chi connectivity index (χ0v) is 10.1. The number of para-hydroxylation sites is 1. The molecule has 0 aliphatic heterocycles. The van der Waals surface area contributed by atoms with Crippen molar-refractivity contribution >= 4 is 5.82 Å². The molecule has 0 fully saturated rings. The maximum Gasteiger partial charge on any atom is 0.126 e. The zero-order chi connectivity index (χ0) is 12.1. The van der Waals surface area contributed by atoms with Crippen LogP contribution in [0.2, 0.25) is 0 Å². The van der Waals surface area contributed by atoms with Crippen molar-refractivity contribution in [3.8, 4) is 5.75 Å². The summed E-state index contributed by atoms with van der Waals surface area (Å²) in [6, 6.07) is 12.0. The van der Waals surface area contributed by atoms with Crippen molar-refractivity contribution in [2.75, 3.05) is 12.4 Å². The van der Waals surface area contributed by atoms with E-state index in [1.54, 1.807) is 7.11 Å². The van der Waals surface area contributed by atoms with Crippen molar-refractivity contribution < 1.29 is 4.74 Å². The number of ether oxygens (including phenoxy) is 1. The lowest BCUT2D eigenvalue weighted by Gasteiger charge is -2.09. The molecule has 1 aromatic carbocycles. The summed E-state index contributed by atoms with van der Waals surface area (Å²) in [6.45, 7) is 2.73. The average Bonchev–Trinajstić information content (AvgIpc) is 2.38. The highest BCUT2D eigenvalue weighted by Crippen LogP contribution is 2.18. The highest BCUT2D eigenvalue weighted by molar-refractivity contribution is 5.40. The molecule has 17 heavy (non-hydrogen) atoms. The number of benzene rings is 1. The molecule has 3 nitrogen and oxygen atoms in total. The maximum atomic E-state index is 5.29. The van der Waals surface area contributed by atoms with Gasteiger partial charge < -0.3 is 10.1 Å². The van der Waals surface area contributed by atoms with Crippen LogP contribution in [0, 0.1) is 6.92 Å². The quantitative estimate of drug-likeness (QED) is 0.873. The minimum Gasteiger partial charge on any atom is -0.496 e. The molecule has 0 spiro atoms. The lowest BCUT2D eigenvalue weighted by Crippen LogP contribution is -2.02. The summed E-state index contributed by atoms with van der Waals surface area (Å²) in [4.78, 5) is 4.30. The van der Waals surface area contributed by atoms with E-state index in [2.05, 4.69) is 10.3 Å². The Morgan fingerprint density at radius 1 is 1.18 bits per heavy atom. The van der Waals surface area contributed by atoms with E-state index in [0.29, 0.717) is 6.54 Å². The van der Waals surface area contributed by atoms with Gasteiger partial charge in [-0.25, -0.2) is 4.98 Å². The smallest absolute Gasteiger partial charge is 0.126 e. The van der Waals surface area contributed by atoms with E-state index in [-0.39, 0.29) is 0 Å². The number of anilines is 1. The van der Waals surface area contributed by atoms with Gasteiger partial charge in [0.2, 0.25) is 0 Å². The van der Waals surface area contributed by atoms with Crippen molar-refractivity contribution in [1.82, 2.24) is 4.98 Å². The summed E-state index contributed by atoms with van der Waals surface area (Å²) < 4.78 is 5.29. The fraction of sp³-hybridized carbons (Fsp3) is 0.214. The van der Waals surface area contributed by atoms with Crippen LogP contribution in [0.25, 0.3) is 0 Å². The molecule has 2 rings (SSSR count). The molecule has 0 aliphatic rings. The molecule has 0 unspecified atom stereocenters. The number of pyridine rings is 1. The van der Waals surface area contributed by atoms with Gasteiger partial charge in [-0.15, -0.1) is 0 Å². The van der Waals surface area contributed by atoms with E-state index in [9.17, 15) is 0 Å². The number of nitrogens with zero attached hydrogens (tertiary/aromatic N) is 1. The number of hydrogen-bond acceptors (Lipinski definition) is 3. The van der Waals surface area contributed by atoms with E-state index in [0.717, 1.165) is 22.7 Å². The van der Waals surface area contributed by atoms with E-state index >= 15 is 0 Å². The standard InChI is InChI=1S/C14H16N2O/c1-11-7-8-14(15-9-11)16-10-12-5-3-4-6-13(12)17-2/h3-9H,10H2,1-2H3,(H,15,16). The second-order valence-corrected chi connectivity index (χ2v) is 3.89. The van der Waals surface area contributed by atoms with Crippen LogP contribution < -0.4 is 10.1 Å². The Kier molecular flexibility index (Phi) is 3.60. The van der Waals surface area contributed by atoms with Crippen molar-refractivity contribution in [3.05, 3.63) is 53.7 Å². The van der Waals surface area contributed by atoms with Gasteiger partial charge in [0.25, 0.3) is 0 Å². The number of nitrogens with one attached hydrogen (secondary N) is 1. The van der Waals surface area contributed by atoms with Crippen molar-refractivity contribution in [1.29, 1.82) is 0 Å². The van der Waals surface area contributed by atoms with E-state index in [1.807, 2.05) is 49.5 Å². The van der Waals surface area contributed by atoms with Gasteiger partial charge in [0, 0.05) is 18.3 Å². The minimum atomic E-state index is 0.708. The Morgan fingerprint density at radius 2 is 2.00 bits per heavy atom. The predicted octanol–water partition coefficient (Wildman–Crippen LogP) is 3.01. The molecule has 2 aromatic rings. The van der Waals surface area contributed by atoms with Crippen molar-refractivity contribution in [3.63, 3.8) is 0 Å². The summed E-state index contributed by atoms with van der Waals surface area (Å²) >= 11 is 0. The molecular formula is C14H16N2O. The molecule has 1 N–H and O–H groups in total. The molecular weight excluding hydrogens is 212 g/mol. The fourth-order valence-electron chi connectivity index (χ4n) is 1.61. The van der Waals surface area contributed by atoms with Crippen molar-refractivity contribution in [2.24, 2.45) is 0 Å². The highest BCUT2D eigenvalue weighted by Gasteiger charge is 2.01. The largest absolute Gasteiger partial charge is 0.496 e. The van der Waals surface area contributed by atoms with Gasteiger partial charge >= 0.3 is 0 Å². The molecule has 3 heteroatoms. The molecule has 88 valence electrons. The van der Waals surface area contributed by atoms with Gasteiger partial charge in [0.1, 0.15) is 11.6 Å². The van der Waals surface area contributed by atoms with Crippen molar-refractivity contribution in [2.45, 2.75) is 13.5 Å². The molecule has 1 aromatic heterocycles. The molecule has 0 atom stereocenters. The number of rotatable bonds is 4. The summed E-state index contributed by atoms with van der Waals surface area (Å²) in [5.41, 5.74) is 2.28. The van der Waals surface area contributed by atoms with Gasteiger partial charge in [0.15, 0.2) is 0 Å². The van der Waals surface area contributed by atoms with Gasteiger partial charge in [-0.2, -0.15) is 0 Å². The minimum absolute atomic E-state index is 0.708. The molecule has 0 amide bonds. The summed E-state index contributed by atoms with van der Waals surface area (Å²) in [5.74, 6) is 1.77. The lowest BCUT2D eigenvalue weighted by atomic mass is 10.2. The molecule has 0 bridgehead atoms. The van der Waals surface area contributed by atoms with Crippen LogP contribution in [0.3, 0.4) is 0 Å². The van der Waals surface area contributed by atoms with Crippen LogP contribution in [0.4, 0.5) is 5.82 Å². The first-order valence-corrected chi connectivity index (χ1v) is 5.58. The Balaban J connectivity index is 2.04. The summed E-state index contributed by atoms with van der Waals surface area (Å²) in [6.07, 6.45) is 1.85. The third-order valence-electron chi connectivity index (χ3n) is 2.56. The van der Waals surface area contributed by atoms with Crippen LogP contribution in [0.1, 0.15) is 11.1 Å². The fourth-order valence-corrected chi connectivity index (χ4v) is 1.61. The van der Waals surface area contributed by atoms with Gasteiger partial charge in [-0.3, -0.25) is 0 Å². The summed E-state index contributed by atoms with van der Waals surface area (Å²) in [7, 11) is 1.68. The number of aryl methyl sites for hydroxylation is 1. The number of hydrogen-bond donors (Lipinski definition) is 1. The third kappa shape index (κ3) is 2.97. The van der Waals surface area contributed by atoms with Gasteiger partial charge in [0.05, 0.1) is 7.11 Å². The zero-order valence-electron chi connectivity index (χ0n) is 10.1. The van der Waals surface area contributed by atoms with E-state index in [1.165, 1.54) is 0 Å². The Morgan fingerprint density at radius 3 is 2.71 bits per heavy atom. The molecule has 0 saturated carbocycles. The topological polar surface area (TPSA) is 34.1 Å². The third-order valence-corrected chi connectivity index (χ3v) is 2.56. The molecule has 1 heterocycles. The maximum absolute atomic E-state index is 5.29. The average molecular weight is 228 g/mol.